The molecule has 0 bridgehead atoms. The van der Waals surface area contributed by atoms with E-state index >= 15 is 0 Å². The van der Waals surface area contributed by atoms with E-state index in [9.17, 15) is 4.79 Å². The number of rotatable bonds is 6. The van der Waals surface area contributed by atoms with Gasteiger partial charge in [0.25, 0.3) is 0 Å². The molecule has 0 saturated heterocycles. The third-order valence-corrected chi connectivity index (χ3v) is 3.30. The lowest BCUT2D eigenvalue weighted by molar-refractivity contribution is -0.118. The molecule has 6 nitrogen and oxygen atoms in total. The minimum absolute atomic E-state index is 0.150. The summed E-state index contributed by atoms with van der Waals surface area (Å²) in [7, 11) is 1.49. The van der Waals surface area contributed by atoms with Crippen LogP contribution < -0.4 is 11.1 Å². The molecule has 21 heavy (non-hydrogen) atoms. The van der Waals surface area contributed by atoms with Crippen LogP contribution in [-0.2, 0) is 16.1 Å². The monoisotopic (exact) mass is 308 g/mol. The Kier molecular flexibility index (Phi) is 5.32. The summed E-state index contributed by atoms with van der Waals surface area (Å²) in [5.41, 5.74) is 6.61. The van der Waals surface area contributed by atoms with Gasteiger partial charge in [0.2, 0.25) is 11.9 Å². The Morgan fingerprint density at radius 2 is 2.29 bits per heavy atom. The van der Waals surface area contributed by atoms with Crippen molar-refractivity contribution in [3.8, 4) is 0 Å². The third kappa shape index (κ3) is 4.04. The van der Waals surface area contributed by atoms with Crippen molar-refractivity contribution in [2.24, 2.45) is 5.73 Å². The van der Waals surface area contributed by atoms with E-state index < -0.39 is 6.04 Å². The van der Waals surface area contributed by atoms with Crippen molar-refractivity contribution < 1.29 is 9.53 Å². The number of methoxy groups -OCH3 is 1. The maximum Gasteiger partial charge on any atom is 0.245 e. The van der Waals surface area contributed by atoms with Crippen LogP contribution in [0, 0.1) is 0 Å². The summed E-state index contributed by atoms with van der Waals surface area (Å²) < 4.78 is 6.65. The summed E-state index contributed by atoms with van der Waals surface area (Å²) in [5, 5.41) is 3.35. The van der Waals surface area contributed by atoms with Crippen molar-refractivity contribution in [3.05, 3.63) is 47.2 Å². The molecule has 0 aliphatic carbocycles. The van der Waals surface area contributed by atoms with Gasteiger partial charge >= 0.3 is 0 Å². The molecule has 3 N–H and O–H groups in total. The maximum atomic E-state index is 11.9. The fourth-order valence-electron chi connectivity index (χ4n) is 1.83. The molecule has 2 rings (SSSR count). The topological polar surface area (TPSA) is 82.2 Å². The van der Waals surface area contributed by atoms with Gasteiger partial charge in [0.15, 0.2) is 0 Å². The highest BCUT2D eigenvalue weighted by Gasteiger charge is 2.15. The number of nitrogens with zero attached hydrogens (tertiary/aromatic N) is 2. The number of hydrogen-bond donors (Lipinski definition) is 2. The fourth-order valence-corrected chi connectivity index (χ4v) is 2.02. The first-order valence-corrected chi connectivity index (χ1v) is 6.79. The van der Waals surface area contributed by atoms with E-state index in [1.165, 1.54) is 7.11 Å². The number of aromatic nitrogens is 2. The first-order valence-electron chi connectivity index (χ1n) is 6.41. The van der Waals surface area contributed by atoms with E-state index in [1.54, 1.807) is 17.0 Å². The van der Waals surface area contributed by atoms with Crippen LogP contribution in [0.3, 0.4) is 0 Å². The summed E-state index contributed by atoms with van der Waals surface area (Å²) in [4.78, 5) is 16.0. The molecular weight excluding hydrogens is 292 g/mol. The number of halogens is 1. The number of amides is 1. The number of imidazole rings is 1. The van der Waals surface area contributed by atoms with Gasteiger partial charge in [-0.1, -0.05) is 29.8 Å². The summed E-state index contributed by atoms with van der Waals surface area (Å²) in [6, 6.07) is 6.78. The number of hydrogen-bond acceptors (Lipinski definition) is 4. The standard InChI is InChI=1S/C14H17ClN4O2/c1-21-9-12(16)13(20)18-14-17-6-7-19(14)8-10-4-2-3-5-11(10)15/h2-7,12H,8-9,16H2,1H3,(H,17,18,20). The van der Waals surface area contributed by atoms with Crippen LogP contribution in [0.2, 0.25) is 5.02 Å². The van der Waals surface area contributed by atoms with Crippen molar-refractivity contribution in [2.45, 2.75) is 12.6 Å². The van der Waals surface area contributed by atoms with Crippen molar-refractivity contribution in [1.82, 2.24) is 9.55 Å². The molecule has 1 amide bonds. The number of nitrogens with two attached hydrogens (primary N) is 1. The second-order valence-electron chi connectivity index (χ2n) is 4.52. The van der Waals surface area contributed by atoms with Gasteiger partial charge in [-0.3, -0.25) is 10.1 Å². The average molecular weight is 309 g/mol. The Morgan fingerprint density at radius 1 is 1.52 bits per heavy atom. The van der Waals surface area contributed by atoms with Gasteiger partial charge in [-0.15, -0.1) is 0 Å². The predicted molar refractivity (Wildman–Crippen MR) is 81.3 cm³/mol. The molecule has 0 saturated carbocycles. The van der Waals surface area contributed by atoms with Crippen LogP contribution in [-0.4, -0.2) is 35.2 Å². The Labute approximate surface area is 127 Å². The zero-order chi connectivity index (χ0) is 15.2. The first kappa shape index (κ1) is 15.5. The van der Waals surface area contributed by atoms with Gasteiger partial charge in [-0.05, 0) is 11.6 Å². The van der Waals surface area contributed by atoms with Crippen molar-refractivity contribution >= 4 is 23.5 Å². The first-order chi connectivity index (χ1) is 10.1. The zero-order valence-corrected chi connectivity index (χ0v) is 12.4. The number of ether oxygens (including phenoxy) is 1. The molecule has 1 atom stereocenters. The molecule has 0 aliphatic rings. The second kappa shape index (κ2) is 7.21. The van der Waals surface area contributed by atoms with E-state index in [2.05, 4.69) is 10.3 Å². The lowest BCUT2D eigenvalue weighted by atomic mass is 10.2. The third-order valence-electron chi connectivity index (χ3n) is 2.93. The molecule has 7 heteroatoms. The van der Waals surface area contributed by atoms with E-state index in [4.69, 9.17) is 22.1 Å². The lowest BCUT2D eigenvalue weighted by Gasteiger charge is -2.13. The highest BCUT2D eigenvalue weighted by molar-refractivity contribution is 6.31. The summed E-state index contributed by atoms with van der Waals surface area (Å²) in [5.74, 6) is 0.0786. The molecule has 1 aromatic heterocycles. The van der Waals surface area contributed by atoms with Crippen LogP contribution >= 0.6 is 11.6 Å². The van der Waals surface area contributed by atoms with Gasteiger partial charge in [0, 0.05) is 24.5 Å². The number of anilines is 1. The summed E-state index contributed by atoms with van der Waals surface area (Å²) >= 11 is 6.13. The molecule has 0 aliphatic heterocycles. The molecule has 0 spiro atoms. The van der Waals surface area contributed by atoms with Gasteiger partial charge < -0.3 is 15.0 Å². The highest BCUT2D eigenvalue weighted by Crippen LogP contribution is 2.18. The second-order valence-corrected chi connectivity index (χ2v) is 4.93. The molecule has 1 heterocycles. The molecule has 1 unspecified atom stereocenters. The van der Waals surface area contributed by atoms with E-state index in [1.807, 2.05) is 24.3 Å². The number of benzene rings is 1. The average Bonchev–Trinajstić information content (AvgIpc) is 2.89. The smallest absolute Gasteiger partial charge is 0.245 e. The SMILES string of the molecule is COCC(N)C(=O)Nc1nccn1Cc1ccccc1Cl. The minimum Gasteiger partial charge on any atom is -0.383 e. The van der Waals surface area contributed by atoms with Crippen LogP contribution in [0.5, 0.6) is 0 Å². The molecule has 0 radical (unpaired) electrons. The number of nitrogens with one attached hydrogen (secondary N) is 1. The van der Waals surface area contributed by atoms with E-state index in [-0.39, 0.29) is 12.5 Å². The molecular formula is C14H17ClN4O2. The maximum absolute atomic E-state index is 11.9. The van der Waals surface area contributed by atoms with Crippen LogP contribution in [0.4, 0.5) is 5.95 Å². The molecule has 112 valence electrons. The predicted octanol–water partition coefficient (Wildman–Crippen LogP) is 1.50. The van der Waals surface area contributed by atoms with Crippen LogP contribution in [0.1, 0.15) is 5.56 Å². The van der Waals surface area contributed by atoms with Gasteiger partial charge in [-0.2, -0.15) is 0 Å². The minimum atomic E-state index is -0.736. The van der Waals surface area contributed by atoms with Crippen LogP contribution in [0.25, 0.3) is 0 Å². The molecule has 2 aromatic rings. The van der Waals surface area contributed by atoms with E-state index in [0.29, 0.717) is 17.5 Å². The normalized spacial score (nSPS) is 12.1. The highest BCUT2D eigenvalue weighted by atomic mass is 35.5. The van der Waals surface area contributed by atoms with Gasteiger partial charge in [0.05, 0.1) is 13.2 Å². The van der Waals surface area contributed by atoms with Crippen molar-refractivity contribution in [2.75, 3.05) is 19.0 Å². The number of carbonyl (C=O) groups excluding carboxylic acids is 1. The number of carbonyl (C=O) groups is 1. The molecule has 1 aromatic carbocycles. The lowest BCUT2D eigenvalue weighted by Crippen LogP contribution is -2.39. The Hall–Kier alpha value is -1.89. The Morgan fingerprint density at radius 3 is 3.00 bits per heavy atom. The fraction of sp³-hybridized carbons (Fsp3) is 0.286. The van der Waals surface area contributed by atoms with Crippen molar-refractivity contribution in [3.63, 3.8) is 0 Å². The summed E-state index contributed by atoms with van der Waals surface area (Å²) in [6.07, 6.45) is 3.37. The van der Waals surface area contributed by atoms with E-state index in [0.717, 1.165) is 5.56 Å². The largest absolute Gasteiger partial charge is 0.383 e. The van der Waals surface area contributed by atoms with Crippen molar-refractivity contribution in [1.29, 1.82) is 0 Å². The molecule has 0 fully saturated rings. The Balaban J connectivity index is 2.09. The summed E-state index contributed by atoms with van der Waals surface area (Å²) in [6.45, 7) is 0.659. The van der Waals surface area contributed by atoms with Gasteiger partial charge in [0.1, 0.15) is 6.04 Å². The zero-order valence-electron chi connectivity index (χ0n) is 11.6. The van der Waals surface area contributed by atoms with Crippen LogP contribution in [0.15, 0.2) is 36.7 Å². The Bertz CT molecular complexity index is 615. The quantitative estimate of drug-likeness (QED) is 0.847. The van der Waals surface area contributed by atoms with Gasteiger partial charge in [-0.25, -0.2) is 4.98 Å².